The van der Waals surface area contributed by atoms with Gasteiger partial charge in [-0.1, -0.05) is 13.8 Å². The molecular weight excluding hydrogens is 204 g/mol. The molecule has 5 heteroatoms. The van der Waals surface area contributed by atoms with Gasteiger partial charge in [-0.15, -0.1) is 0 Å². The number of nitrogens with one attached hydrogen (secondary N) is 2. The maximum Gasteiger partial charge on any atom is 0.135 e. The maximum absolute atomic E-state index is 8.70. The first-order valence-corrected chi connectivity index (χ1v) is 5.58. The molecule has 0 aromatic carbocycles. The van der Waals surface area contributed by atoms with E-state index in [2.05, 4.69) is 34.4 Å². The minimum atomic E-state index is 0.188. The van der Waals surface area contributed by atoms with Gasteiger partial charge < -0.3 is 15.7 Å². The Labute approximate surface area is 96.3 Å². The van der Waals surface area contributed by atoms with Crippen LogP contribution in [0.25, 0.3) is 0 Å². The normalized spacial score (nSPS) is 10.6. The lowest BCUT2D eigenvalue weighted by Gasteiger charge is -2.11. The van der Waals surface area contributed by atoms with Gasteiger partial charge in [0.2, 0.25) is 0 Å². The molecule has 90 valence electrons. The van der Waals surface area contributed by atoms with Crippen LogP contribution in [0, 0.1) is 0 Å². The Balaban J connectivity index is 2.78. The number of nitrogens with zero attached hydrogens (tertiary/aromatic N) is 2. The molecule has 0 fully saturated rings. The third-order valence-corrected chi connectivity index (χ3v) is 2.16. The molecule has 0 aliphatic rings. The van der Waals surface area contributed by atoms with E-state index < -0.39 is 0 Å². The summed E-state index contributed by atoms with van der Waals surface area (Å²) in [6, 6.07) is 1.86. The maximum atomic E-state index is 8.70. The van der Waals surface area contributed by atoms with Crippen LogP contribution in [0.3, 0.4) is 0 Å². The monoisotopic (exact) mass is 224 g/mol. The van der Waals surface area contributed by atoms with Crippen molar-refractivity contribution in [3.8, 4) is 0 Å². The van der Waals surface area contributed by atoms with E-state index >= 15 is 0 Å². The van der Waals surface area contributed by atoms with Crippen LogP contribution in [0.1, 0.15) is 32.0 Å². The van der Waals surface area contributed by atoms with E-state index in [0.717, 1.165) is 23.9 Å². The Hall–Kier alpha value is -1.36. The van der Waals surface area contributed by atoms with Gasteiger partial charge in [0.05, 0.1) is 0 Å². The Morgan fingerprint density at radius 2 is 2.00 bits per heavy atom. The summed E-state index contributed by atoms with van der Waals surface area (Å²) < 4.78 is 0. The lowest BCUT2D eigenvalue weighted by molar-refractivity contribution is 0.292. The van der Waals surface area contributed by atoms with Crippen molar-refractivity contribution in [2.75, 3.05) is 30.8 Å². The summed E-state index contributed by atoms with van der Waals surface area (Å²) in [7, 11) is 1.84. The van der Waals surface area contributed by atoms with E-state index in [-0.39, 0.29) is 6.61 Å². The van der Waals surface area contributed by atoms with Gasteiger partial charge in [0.15, 0.2) is 0 Å². The van der Waals surface area contributed by atoms with Crippen molar-refractivity contribution < 1.29 is 5.11 Å². The molecule has 3 N–H and O–H groups in total. The van der Waals surface area contributed by atoms with E-state index in [1.165, 1.54) is 0 Å². The fourth-order valence-corrected chi connectivity index (χ4v) is 1.24. The van der Waals surface area contributed by atoms with Crippen molar-refractivity contribution in [3.05, 3.63) is 11.9 Å². The molecule has 0 saturated heterocycles. The van der Waals surface area contributed by atoms with E-state index in [0.29, 0.717) is 12.5 Å². The average molecular weight is 224 g/mol. The standard InChI is InChI=1S/C11H20N4O/c1-8(2)11-14-9(12-3)7-10(15-11)13-5-4-6-16/h7-8,16H,4-6H2,1-3H3,(H2,12,13,14,15). The van der Waals surface area contributed by atoms with Crippen LogP contribution in [0.5, 0.6) is 0 Å². The molecule has 1 aromatic heterocycles. The zero-order chi connectivity index (χ0) is 12.0. The minimum absolute atomic E-state index is 0.188. The highest BCUT2D eigenvalue weighted by Gasteiger charge is 2.06. The molecule has 0 saturated carbocycles. The molecule has 16 heavy (non-hydrogen) atoms. The highest BCUT2D eigenvalue weighted by Crippen LogP contribution is 2.16. The summed E-state index contributed by atoms with van der Waals surface area (Å²) in [4.78, 5) is 8.78. The molecule has 0 radical (unpaired) electrons. The van der Waals surface area contributed by atoms with Crippen LogP contribution in [-0.4, -0.2) is 35.3 Å². The van der Waals surface area contributed by atoms with E-state index in [1.807, 2.05) is 13.1 Å². The molecule has 0 unspecified atom stereocenters. The summed E-state index contributed by atoms with van der Waals surface area (Å²) in [5.74, 6) is 2.73. The Morgan fingerprint density at radius 3 is 2.56 bits per heavy atom. The van der Waals surface area contributed by atoms with Crippen molar-refractivity contribution in [3.63, 3.8) is 0 Å². The average Bonchev–Trinajstić information content (AvgIpc) is 2.29. The first kappa shape index (κ1) is 12.7. The van der Waals surface area contributed by atoms with Crippen molar-refractivity contribution in [1.29, 1.82) is 0 Å². The number of hydrogen-bond acceptors (Lipinski definition) is 5. The van der Waals surface area contributed by atoms with E-state index in [1.54, 1.807) is 0 Å². The molecule has 5 nitrogen and oxygen atoms in total. The summed E-state index contributed by atoms with van der Waals surface area (Å²) in [6.07, 6.45) is 0.718. The number of aliphatic hydroxyl groups excluding tert-OH is 1. The van der Waals surface area contributed by atoms with Crippen LogP contribution in [0.2, 0.25) is 0 Å². The second kappa shape index (κ2) is 6.27. The lowest BCUT2D eigenvalue weighted by atomic mass is 10.2. The largest absolute Gasteiger partial charge is 0.396 e. The van der Waals surface area contributed by atoms with Crippen molar-refractivity contribution in [1.82, 2.24) is 9.97 Å². The fourth-order valence-electron chi connectivity index (χ4n) is 1.24. The summed E-state index contributed by atoms with van der Waals surface area (Å²) in [5, 5.41) is 14.9. The molecule has 1 rings (SSSR count). The Kier molecular flexibility index (Phi) is 4.98. The Morgan fingerprint density at radius 1 is 1.31 bits per heavy atom. The number of hydrogen-bond donors (Lipinski definition) is 3. The third-order valence-electron chi connectivity index (χ3n) is 2.16. The van der Waals surface area contributed by atoms with Gasteiger partial charge in [0.1, 0.15) is 17.5 Å². The summed E-state index contributed by atoms with van der Waals surface area (Å²) >= 11 is 0. The molecular formula is C11H20N4O. The Bertz CT molecular complexity index is 328. The highest BCUT2D eigenvalue weighted by atomic mass is 16.3. The fraction of sp³-hybridized carbons (Fsp3) is 0.636. The predicted molar refractivity (Wildman–Crippen MR) is 65.9 cm³/mol. The third kappa shape index (κ3) is 3.66. The van der Waals surface area contributed by atoms with Crippen LogP contribution in [-0.2, 0) is 0 Å². The smallest absolute Gasteiger partial charge is 0.135 e. The van der Waals surface area contributed by atoms with Gasteiger partial charge in [-0.05, 0) is 6.42 Å². The molecule has 0 spiro atoms. The molecule has 1 aromatic rings. The predicted octanol–water partition coefficient (Wildman–Crippen LogP) is 1.44. The molecule has 0 aliphatic heterocycles. The summed E-state index contributed by atoms with van der Waals surface area (Å²) in [6.45, 7) is 5.03. The zero-order valence-corrected chi connectivity index (χ0v) is 10.1. The summed E-state index contributed by atoms with van der Waals surface area (Å²) in [5.41, 5.74) is 0. The second-order valence-corrected chi connectivity index (χ2v) is 3.91. The SMILES string of the molecule is CNc1cc(NCCCO)nc(C(C)C)n1. The van der Waals surface area contributed by atoms with Gasteiger partial charge in [0, 0.05) is 32.2 Å². The van der Waals surface area contributed by atoms with Gasteiger partial charge in [0.25, 0.3) is 0 Å². The van der Waals surface area contributed by atoms with Gasteiger partial charge in [-0.2, -0.15) is 0 Å². The molecule has 0 atom stereocenters. The highest BCUT2D eigenvalue weighted by molar-refractivity contribution is 5.47. The second-order valence-electron chi connectivity index (χ2n) is 3.91. The van der Waals surface area contributed by atoms with Gasteiger partial charge in [-0.3, -0.25) is 0 Å². The number of rotatable bonds is 6. The van der Waals surface area contributed by atoms with Gasteiger partial charge >= 0.3 is 0 Å². The molecule has 0 aliphatic carbocycles. The van der Waals surface area contributed by atoms with Crippen LogP contribution in [0.15, 0.2) is 6.07 Å². The molecule has 0 amide bonds. The number of anilines is 2. The van der Waals surface area contributed by atoms with Crippen LogP contribution < -0.4 is 10.6 Å². The number of aliphatic hydroxyl groups is 1. The van der Waals surface area contributed by atoms with Crippen molar-refractivity contribution >= 4 is 11.6 Å². The first-order valence-electron chi connectivity index (χ1n) is 5.58. The quantitative estimate of drug-likeness (QED) is 0.638. The minimum Gasteiger partial charge on any atom is -0.396 e. The van der Waals surface area contributed by atoms with Crippen molar-refractivity contribution in [2.24, 2.45) is 0 Å². The van der Waals surface area contributed by atoms with Gasteiger partial charge in [-0.25, -0.2) is 9.97 Å². The first-order chi connectivity index (χ1) is 7.67. The topological polar surface area (TPSA) is 70.1 Å². The van der Waals surface area contributed by atoms with E-state index in [4.69, 9.17) is 5.11 Å². The number of aromatic nitrogens is 2. The van der Waals surface area contributed by atoms with Crippen LogP contribution in [0.4, 0.5) is 11.6 Å². The molecule has 0 bridgehead atoms. The molecule has 1 heterocycles. The van der Waals surface area contributed by atoms with Crippen molar-refractivity contribution in [2.45, 2.75) is 26.2 Å². The van der Waals surface area contributed by atoms with Crippen LogP contribution >= 0.6 is 0 Å². The van der Waals surface area contributed by atoms with E-state index in [9.17, 15) is 0 Å². The zero-order valence-electron chi connectivity index (χ0n) is 10.1. The lowest BCUT2D eigenvalue weighted by Crippen LogP contribution is -2.09.